The van der Waals surface area contributed by atoms with E-state index in [4.69, 9.17) is 18.9 Å². The normalized spacial score (nSPS) is 13.9. The molecule has 2 atom stereocenters. The number of allylic oxidation sites excluding steroid dienone is 38. The molecule has 9 heteroatoms. The number of carbonyl (C=O) groups is 3. The Labute approximate surface area is 644 Å². The van der Waals surface area contributed by atoms with Gasteiger partial charge in [-0.25, -0.2) is 4.79 Å². The van der Waals surface area contributed by atoms with E-state index in [2.05, 4.69) is 245 Å². The van der Waals surface area contributed by atoms with E-state index < -0.39 is 24.3 Å². The number of carboxylic acids is 1. The average molecular weight is 1450 g/mol. The van der Waals surface area contributed by atoms with E-state index in [9.17, 15) is 19.5 Å². The van der Waals surface area contributed by atoms with Crippen LogP contribution in [0.25, 0.3) is 0 Å². The van der Waals surface area contributed by atoms with Crippen LogP contribution < -0.4 is 0 Å². The third-order valence-electron chi connectivity index (χ3n) is 16.9. The summed E-state index contributed by atoms with van der Waals surface area (Å²) in [4.78, 5) is 37.8. The van der Waals surface area contributed by atoms with E-state index in [0.717, 1.165) is 154 Å². The molecule has 0 aromatic heterocycles. The molecule has 0 bridgehead atoms. The number of hydrogen-bond acceptors (Lipinski definition) is 7. The quantitative estimate of drug-likeness (QED) is 0.0211. The fraction of sp³-hybridized carbons (Fsp3) is 0.573. The Bertz CT molecular complexity index is 2590. The highest BCUT2D eigenvalue weighted by Gasteiger charge is 2.25. The molecule has 0 aromatic carbocycles. The van der Waals surface area contributed by atoms with Crippen molar-refractivity contribution in [3.8, 4) is 0 Å². The maximum atomic E-state index is 13.0. The van der Waals surface area contributed by atoms with Crippen LogP contribution in [0.1, 0.15) is 296 Å². The smallest absolute Gasteiger partial charge is 0.361 e. The van der Waals surface area contributed by atoms with Gasteiger partial charge in [0.2, 0.25) is 0 Å². The number of ether oxygens (including phenoxy) is 4. The Morgan fingerprint density at radius 3 is 0.781 bits per heavy atom. The average Bonchev–Trinajstić information content (AvgIpc) is 1.97. The van der Waals surface area contributed by atoms with Crippen molar-refractivity contribution < 1.29 is 42.9 Å². The van der Waals surface area contributed by atoms with E-state index in [-0.39, 0.29) is 38.6 Å². The second-order valence-corrected chi connectivity index (χ2v) is 28.0. The molecule has 9 nitrogen and oxygen atoms in total. The first-order chi connectivity index (χ1) is 51.6. The molecule has 2 unspecified atom stereocenters. The molecule has 1 N–H and O–H groups in total. The molecule has 0 saturated heterocycles. The van der Waals surface area contributed by atoms with Crippen LogP contribution >= 0.6 is 0 Å². The van der Waals surface area contributed by atoms with Crippen LogP contribution in [0.5, 0.6) is 0 Å². The lowest BCUT2D eigenvalue weighted by Crippen LogP contribution is -2.40. The summed E-state index contributed by atoms with van der Waals surface area (Å²) in [5.74, 6) is -2.08. The second kappa shape index (κ2) is 83.0. The fourth-order valence-electron chi connectivity index (χ4n) is 10.7. The molecule has 0 saturated carbocycles. The van der Waals surface area contributed by atoms with Gasteiger partial charge in [0.05, 0.1) is 34.4 Å². The van der Waals surface area contributed by atoms with Crippen molar-refractivity contribution in [2.45, 2.75) is 309 Å². The number of nitrogens with zero attached hydrogens (tertiary/aromatic N) is 1. The van der Waals surface area contributed by atoms with Crippen LogP contribution in [-0.4, -0.2) is 87.4 Å². The summed E-state index contributed by atoms with van der Waals surface area (Å²) in [6.45, 7) is 4.59. The molecule has 105 heavy (non-hydrogen) atoms. The zero-order valence-corrected chi connectivity index (χ0v) is 67.3. The summed E-state index contributed by atoms with van der Waals surface area (Å²) in [7, 11) is 5.96. The highest BCUT2D eigenvalue weighted by atomic mass is 16.7. The second-order valence-electron chi connectivity index (χ2n) is 28.0. The Hall–Kier alpha value is -6.65. The standard InChI is InChI=1S/C96H151NO8/c1-6-8-10-12-14-16-18-20-22-24-26-28-30-32-34-36-38-40-42-44-46-47-49-50-52-54-56-58-60-62-64-66-68-70-72-74-76-78-80-82-84-86-93(98)103-90-92(91-104-96(95(100)101)102-89-88-97(3,4)5)105-94(99)87-85-83-81-79-77-75-73-71-69-67-65-63-61-59-57-55-53-51-48-45-43-41-39-37-35-33-31-29-27-25-23-21-19-17-15-13-11-9-7-2/h8-11,14-17,20-23,26-29,32-35,38-41,44-46,48,53,55,59,61,65,67,71,73,77,79,92,96H,6-7,12-13,18-19,24-25,30-31,36-37,42-43,47,49-52,54,56-58,60,62-64,66,68-70,72,74-76,78,80-91H2,1-5H3/p+1/b10-8-,11-9-,16-14-,17-15-,22-20-,23-21-,28-26-,29-27-,34-32-,35-33-,40-38-,41-39-,46-44-,48-45-,55-53-,61-59-,67-65-,73-71-,79-77-. The molecule has 0 aliphatic rings. The summed E-state index contributed by atoms with van der Waals surface area (Å²) in [5, 5.41) is 9.78. The van der Waals surface area contributed by atoms with Crippen LogP contribution in [0.2, 0.25) is 0 Å². The molecular weight excluding hydrogens is 1300 g/mol. The van der Waals surface area contributed by atoms with Crippen molar-refractivity contribution in [2.75, 3.05) is 47.5 Å². The first-order valence-corrected chi connectivity index (χ1v) is 41.5. The number of carbonyl (C=O) groups excluding carboxylic acids is 2. The number of carboxylic acid groups (broad SMARTS) is 1. The van der Waals surface area contributed by atoms with Gasteiger partial charge in [0.15, 0.2) is 6.10 Å². The maximum absolute atomic E-state index is 13.0. The van der Waals surface area contributed by atoms with Crippen molar-refractivity contribution >= 4 is 17.9 Å². The first-order valence-electron chi connectivity index (χ1n) is 41.5. The number of unbranched alkanes of at least 4 members (excludes halogenated alkanes) is 21. The molecule has 0 spiro atoms. The highest BCUT2D eigenvalue weighted by molar-refractivity contribution is 5.71. The largest absolute Gasteiger partial charge is 0.477 e. The summed E-state index contributed by atoms with van der Waals surface area (Å²) < 4.78 is 23.0. The highest BCUT2D eigenvalue weighted by Crippen LogP contribution is 2.17. The third-order valence-corrected chi connectivity index (χ3v) is 16.9. The first kappa shape index (κ1) is 98.4. The van der Waals surface area contributed by atoms with Crippen LogP contribution in [0.4, 0.5) is 0 Å². The number of rotatable bonds is 74. The van der Waals surface area contributed by atoms with Gasteiger partial charge in [-0.05, 0) is 161 Å². The van der Waals surface area contributed by atoms with Crippen molar-refractivity contribution in [3.05, 3.63) is 231 Å². The van der Waals surface area contributed by atoms with Crippen molar-refractivity contribution in [2.24, 2.45) is 0 Å². The molecule has 588 valence electrons. The van der Waals surface area contributed by atoms with Crippen molar-refractivity contribution in [1.29, 1.82) is 0 Å². The van der Waals surface area contributed by atoms with Crippen LogP contribution in [-0.2, 0) is 33.3 Å². The van der Waals surface area contributed by atoms with Gasteiger partial charge < -0.3 is 28.5 Å². The lowest BCUT2D eigenvalue weighted by Gasteiger charge is -2.25. The molecule has 0 aliphatic carbocycles. The Morgan fingerprint density at radius 2 is 0.514 bits per heavy atom. The number of hydrogen-bond donors (Lipinski definition) is 1. The summed E-state index contributed by atoms with van der Waals surface area (Å²) in [5.41, 5.74) is 0. The van der Waals surface area contributed by atoms with Gasteiger partial charge in [-0.1, -0.05) is 354 Å². The van der Waals surface area contributed by atoms with Gasteiger partial charge in [0.25, 0.3) is 6.29 Å². The Morgan fingerprint density at radius 1 is 0.286 bits per heavy atom. The summed E-state index contributed by atoms with van der Waals surface area (Å²) in [6, 6.07) is 0. The lowest BCUT2D eigenvalue weighted by atomic mass is 10.0. The van der Waals surface area contributed by atoms with E-state index in [0.29, 0.717) is 17.4 Å². The molecule has 0 aromatic rings. The van der Waals surface area contributed by atoms with E-state index in [1.807, 2.05) is 21.1 Å². The molecule has 0 aliphatic heterocycles. The van der Waals surface area contributed by atoms with Gasteiger partial charge in [-0.2, -0.15) is 0 Å². The zero-order valence-electron chi connectivity index (χ0n) is 67.3. The van der Waals surface area contributed by atoms with Crippen LogP contribution in [0, 0.1) is 0 Å². The SMILES string of the molecule is CC/C=C\C/C=C\C/C=C\C/C=C\C/C=C\C/C=C\C/C=C\C/C=C\C/C=C\C/C=C\C/C=C\C/C=C\CCCCC(=O)OC(COC(=O)CCCCCCCCCCCCCCCCCCCCC/C=C\C/C=C\C/C=C\C/C=C\C/C=C\C/C=C\C/C=C\CC)COC(OCC[N+](C)(C)C)C(=O)O. The Balaban J connectivity index is 4.15. The van der Waals surface area contributed by atoms with E-state index >= 15 is 0 Å². The lowest BCUT2D eigenvalue weighted by molar-refractivity contribution is -0.870. The molecule has 0 rings (SSSR count). The number of esters is 2. The van der Waals surface area contributed by atoms with Crippen LogP contribution in [0.3, 0.4) is 0 Å². The predicted octanol–water partition coefficient (Wildman–Crippen LogP) is 27.4. The number of likely N-dealkylation sites (N-methyl/N-ethyl adjacent to an activating group) is 1. The molecular formula is C96H152NO8+. The van der Waals surface area contributed by atoms with Gasteiger partial charge >= 0.3 is 17.9 Å². The van der Waals surface area contributed by atoms with Gasteiger partial charge in [-0.15, -0.1) is 0 Å². The third kappa shape index (κ3) is 84.5. The van der Waals surface area contributed by atoms with Gasteiger partial charge in [-0.3, -0.25) is 9.59 Å². The fourth-order valence-corrected chi connectivity index (χ4v) is 10.7. The topological polar surface area (TPSA) is 108 Å². The zero-order chi connectivity index (χ0) is 76.0. The Kier molecular flexibility index (Phi) is 77.7. The van der Waals surface area contributed by atoms with E-state index in [1.54, 1.807) is 0 Å². The maximum Gasteiger partial charge on any atom is 0.361 e. The minimum atomic E-state index is -1.54. The summed E-state index contributed by atoms with van der Waals surface area (Å²) in [6.07, 6.45) is 129. The van der Waals surface area contributed by atoms with Gasteiger partial charge in [0, 0.05) is 12.8 Å². The number of quaternary nitrogens is 1. The molecule has 0 fully saturated rings. The minimum absolute atomic E-state index is 0.169. The van der Waals surface area contributed by atoms with Crippen molar-refractivity contribution in [1.82, 2.24) is 0 Å². The van der Waals surface area contributed by atoms with E-state index in [1.165, 1.54) is 109 Å². The predicted molar refractivity (Wildman–Crippen MR) is 455 cm³/mol. The van der Waals surface area contributed by atoms with Crippen LogP contribution in [0.15, 0.2) is 231 Å². The molecule has 0 radical (unpaired) electrons. The molecule has 0 heterocycles. The van der Waals surface area contributed by atoms with Gasteiger partial charge in [0.1, 0.15) is 13.2 Å². The monoisotopic (exact) mass is 1450 g/mol. The molecule has 0 amide bonds. The minimum Gasteiger partial charge on any atom is -0.477 e. The van der Waals surface area contributed by atoms with Crippen molar-refractivity contribution in [3.63, 3.8) is 0 Å². The number of aliphatic carboxylic acids is 1. The summed E-state index contributed by atoms with van der Waals surface area (Å²) >= 11 is 0.